The van der Waals surface area contributed by atoms with Gasteiger partial charge >= 0.3 is 0 Å². The van der Waals surface area contributed by atoms with Crippen molar-refractivity contribution in [2.24, 2.45) is 15.1 Å². The summed E-state index contributed by atoms with van der Waals surface area (Å²) in [7, 11) is 1.52. The molecule has 1 amide bonds. The zero-order valence-corrected chi connectivity index (χ0v) is 18.9. The van der Waals surface area contributed by atoms with Gasteiger partial charge in [-0.1, -0.05) is 24.3 Å². The van der Waals surface area contributed by atoms with Gasteiger partial charge in [-0.3, -0.25) is 15.5 Å². The van der Waals surface area contributed by atoms with Crippen LogP contribution in [0, 0.1) is 23.3 Å². The maximum absolute atomic E-state index is 13.6. The Kier molecular flexibility index (Phi) is 7.38. The number of amides is 1. The summed E-state index contributed by atoms with van der Waals surface area (Å²) in [5.74, 6) is -5.28. The Hall–Kier alpha value is -4.54. The molecule has 0 aromatic heterocycles. The van der Waals surface area contributed by atoms with Crippen LogP contribution in [-0.4, -0.2) is 30.5 Å². The minimum Gasteiger partial charge on any atom is -0.497 e. The number of hydrogen-bond donors (Lipinski definition) is 2. The maximum Gasteiger partial charge on any atom is 0.258 e. The summed E-state index contributed by atoms with van der Waals surface area (Å²) in [5.41, 5.74) is 4.26. The lowest BCUT2D eigenvalue weighted by atomic mass is 10.1. The Morgan fingerprint density at radius 3 is 2.47 bits per heavy atom. The van der Waals surface area contributed by atoms with Crippen LogP contribution >= 0.6 is 0 Å². The topological polar surface area (TPSA) is 87.4 Å². The van der Waals surface area contributed by atoms with E-state index in [4.69, 9.17) is 4.74 Å². The number of halogens is 4. The number of carbonyl (C=O) groups is 1. The minimum atomic E-state index is -1.68. The molecule has 184 valence electrons. The molecule has 1 aliphatic heterocycles. The number of nitrogens with one attached hydrogen (secondary N) is 2. The molecule has 1 heterocycles. The zero-order valence-electron chi connectivity index (χ0n) is 18.9. The van der Waals surface area contributed by atoms with Gasteiger partial charge in [-0.05, 0) is 47.5 Å². The molecule has 0 spiro atoms. The van der Waals surface area contributed by atoms with E-state index in [1.165, 1.54) is 19.2 Å². The number of aliphatic imine (C=N–C) groups is 2. The number of carbonyl (C=O) groups excluding carboxylic acids is 1. The first-order chi connectivity index (χ1) is 17.3. The molecule has 0 radical (unpaired) electrons. The molecule has 3 aromatic carbocycles. The second-order valence-corrected chi connectivity index (χ2v) is 7.61. The third-order valence-electron chi connectivity index (χ3n) is 5.09. The first kappa shape index (κ1) is 24.6. The second kappa shape index (κ2) is 10.8. The Balaban J connectivity index is 1.58. The van der Waals surface area contributed by atoms with Crippen molar-refractivity contribution in [2.75, 3.05) is 7.11 Å². The van der Waals surface area contributed by atoms with Crippen LogP contribution in [0.25, 0.3) is 0 Å². The molecule has 0 fully saturated rings. The third kappa shape index (κ3) is 5.93. The molecule has 11 heteroatoms. The molecule has 3 aromatic rings. The summed E-state index contributed by atoms with van der Waals surface area (Å²) in [6.07, 6.45) is 0.222. The first-order valence-corrected chi connectivity index (χ1v) is 10.6. The van der Waals surface area contributed by atoms with Crippen LogP contribution in [0.2, 0.25) is 0 Å². The fourth-order valence-electron chi connectivity index (χ4n) is 3.27. The Morgan fingerprint density at radius 1 is 1.06 bits per heavy atom. The van der Waals surface area contributed by atoms with Crippen LogP contribution in [0.15, 0.2) is 75.7 Å². The molecule has 7 nitrogen and oxygen atoms in total. The van der Waals surface area contributed by atoms with E-state index in [0.717, 1.165) is 5.56 Å². The zero-order chi connectivity index (χ0) is 25.7. The standard InChI is InChI=1S/C25H19F4N5O2/c1-36-18-4-2-3-14(9-18)13-30-25(32-24(35)16-10-19(27)23(29)20(28)11-16)31-22-12-21(33-34-22)15-5-7-17(26)8-6-15/h2-11H,12-13H2,1H3,(H2,30,31,32,34,35). The predicted octanol–water partition coefficient (Wildman–Crippen LogP) is 4.33. The summed E-state index contributed by atoms with van der Waals surface area (Å²) < 4.78 is 58.9. The van der Waals surface area contributed by atoms with Gasteiger partial charge < -0.3 is 4.74 Å². The van der Waals surface area contributed by atoms with Gasteiger partial charge in [-0.2, -0.15) is 10.1 Å². The number of rotatable bonds is 5. The molecule has 1 aliphatic rings. The van der Waals surface area contributed by atoms with Crippen LogP contribution in [0.4, 0.5) is 17.6 Å². The lowest BCUT2D eigenvalue weighted by Gasteiger charge is -2.08. The van der Waals surface area contributed by atoms with Crippen molar-refractivity contribution in [1.29, 1.82) is 0 Å². The van der Waals surface area contributed by atoms with Crippen LogP contribution in [0.3, 0.4) is 0 Å². The van der Waals surface area contributed by atoms with Crippen LogP contribution in [0.1, 0.15) is 27.9 Å². The van der Waals surface area contributed by atoms with Crippen molar-refractivity contribution in [3.05, 3.63) is 101 Å². The number of ether oxygens (including phenoxy) is 1. The van der Waals surface area contributed by atoms with Gasteiger partial charge in [0.2, 0.25) is 5.96 Å². The van der Waals surface area contributed by atoms with Crippen molar-refractivity contribution in [3.8, 4) is 5.75 Å². The fraction of sp³-hybridized carbons (Fsp3) is 0.120. The molecule has 0 saturated carbocycles. The molecule has 36 heavy (non-hydrogen) atoms. The van der Waals surface area contributed by atoms with Gasteiger partial charge in [-0.15, -0.1) is 0 Å². The van der Waals surface area contributed by atoms with Crippen molar-refractivity contribution in [1.82, 2.24) is 10.7 Å². The highest BCUT2D eigenvalue weighted by atomic mass is 19.2. The van der Waals surface area contributed by atoms with E-state index >= 15 is 0 Å². The van der Waals surface area contributed by atoms with Crippen molar-refractivity contribution in [3.63, 3.8) is 0 Å². The number of benzene rings is 3. The van der Waals surface area contributed by atoms with E-state index in [9.17, 15) is 22.4 Å². The number of hydrazone groups is 1. The van der Waals surface area contributed by atoms with Crippen LogP contribution in [0.5, 0.6) is 5.75 Å². The second-order valence-electron chi connectivity index (χ2n) is 7.61. The van der Waals surface area contributed by atoms with Gasteiger partial charge in [-0.25, -0.2) is 22.6 Å². The molecule has 0 bridgehead atoms. The van der Waals surface area contributed by atoms with Crippen LogP contribution < -0.4 is 15.5 Å². The summed E-state index contributed by atoms with van der Waals surface area (Å²) in [4.78, 5) is 21.3. The predicted molar refractivity (Wildman–Crippen MR) is 126 cm³/mol. The highest BCUT2D eigenvalue weighted by Crippen LogP contribution is 2.16. The lowest BCUT2D eigenvalue weighted by molar-refractivity contribution is 0.0975. The molecule has 2 N–H and O–H groups in total. The molecule has 0 saturated heterocycles. The maximum atomic E-state index is 13.6. The van der Waals surface area contributed by atoms with Crippen molar-refractivity contribution < 1.29 is 27.1 Å². The van der Waals surface area contributed by atoms with Gasteiger partial charge in [0.15, 0.2) is 17.5 Å². The van der Waals surface area contributed by atoms with Gasteiger partial charge in [0.1, 0.15) is 17.4 Å². The number of methoxy groups -OCH3 is 1. The molecular formula is C25H19F4N5O2. The average Bonchev–Trinajstić information content (AvgIpc) is 3.34. The summed E-state index contributed by atoms with van der Waals surface area (Å²) in [6.45, 7) is 0.0847. The molecule has 0 unspecified atom stereocenters. The number of nitrogens with zero attached hydrogens (tertiary/aromatic N) is 3. The van der Waals surface area contributed by atoms with E-state index in [-0.39, 0.29) is 24.7 Å². The Morgan fingerprint density at radius 2 is 1.78 bits per heavy atom. The lowest BCUT2D eigenvalue weighted by Crippen LogP contribution is -2.31. The summed E-state index contributed by atoms with van der Waals surface area (Å²) in [6, 6.07) is 13.9. The SMILES string of the molecule is COc1cccc(CN=C(N=C2CC(c3ccc(F)cc3)=NN2)NC(=O)c2cc(F)c(F)c(F)c2)c1. The Bertz CT molecular complexity index is 1360. The molecule has 4 rings (SSSR count). The van der Waals surface area contributed by atoms with E-state index in [1.54, 1.807) is 36.4 Å². The fourth-order valence-corrected chi connectivity index (χ4v) is 3.27. The molecular weight excluding hydrogens is 478 g/mol. The smallest absolute Gasteiger partial charge is 0.258 e. The van der Waals surface area contributed by atoms with Gasteiger partial charge in [0.25, 0.3) is 5.91 Å². The van der Waals surface area contributed by atoms with E-state index in [2.05, 4.69) is 25.8 Å². The quantitative estimate of drug-likeness (QED) is 0.238. The molecule has 0 atom stereocenters. The largest absolute Gasteiger partial charge is 0.497 e. The van der Waals surface area contributed by atoms with Crippen molar-refractivity contribution >= 4 is 23.4 Å². The number of hydrogen-bond acceptors (Lipinski definition) is 4. The first-order valence-electron chi connectivity index (χ1n) is 10.6. The van der Waals surface area contributed by atoms with Gasteiger partial charge in [0.05, 0.1) is 25.8 Å². The van der Waals surface area contributed by atoms with E-state index < -0.39 is 28.9 Å². The normalized spacial score (nSPS) is 14.4. The summed E-state index contributed by atoms with van der Waals surface area (Å²) >= 11 is 0. The third-order valence-corrected chi connectivity index (χ3v) is 5.09. The van der Waals surface area contributed by atoms with Gasteiger partial charge in [0, 0.05) is 5.56 Å². The van der Waals surface area contributed by atoms with E-state index in [0.29, 0.717) is 35.0 Å². The average molecular weight is 497 g/mol. The number of amidine groups is 1. The van der Waals surface area contributed by atoms with Crippen molar-refractivity contribution in [2.45, 2.75) is 13.0 Å². The van der Waals surface area contributed by atoms with E-state index in [1.807, 2.05) is 0 Å². The van der Waals surface area contributed by atoms with Crippen LogP contribution in [-0.2, 0) is 6.54 Å². The highest BCUT2D eigenvalue weighted by molar-refractivity contribution is 6.18. The summed E-state index contributed by atoms with van der Waals surface area (Å²) in [5, 5.41) is 6.56. The number of guanidine groups is 1. The Labute approximate surface area is 203 Å². The minimum absolute atomic E-state index is 0.0847. The monoisotopic (exact) mass is 497 g/mol. The molecule has 0 aliphatic carbocycles. The highest BCUT2D eigenvalue weighted by Gasteiger charge is 2.19.